The van der Waals surface area contributed by atoms with Crippen LogP contribution in [-0.2, 0) is 5.41 Å². The second-order valence-electron chi connectivity index (χ2n) is 14.2. The molecule has 1 N–H and O–H groups in total. The molecule has 0 atom stereocenters. The number of hydrogen-bond donors (Lipinski definition) is 1. The quantitative estimate of drug-likeness (QED) is 0.176. The van der Waals surface area contributed by atoms with Crippen molar-refractivity contribution >= 4 is 11.0 Å². The van der Waals surface area contributed by atoms with Gasteiger partial charge in [0.25, 0.3) is 0 Å². The third kappa shape index (κ3) is 6.88. The highest BCUT2D eigenvalue weighted by atomic mass is 16.3. The van der Waals surface area contributed by atoms with Gasteiger partial charge in [-0.3, -0.25) is 9.55 Å². The summed E-state index contributed by atoms with van der Waals surface area (Å²) in [6.07, 6.45) is 1.60. The molecule has 0 radical (unpaired) electrons. The monoisotopic (exact) mass is 766 g/mol. The molecule has 9 aromatic rings. The average molecular weight is 767 g/mol. The van der Waals surface area contributed by atoms with Crippen LogP contribution in [-0.4, -0.2) is 19.6 Å². The van der Waals surface area contributed by atoms with Gasteiger partial charge in [0, 0.05) is 43.6 Å². The minimum Gasteiger partial charge on any atom is -0.507 e. The van der Waals surface area contributed by atoms with Crippen molar-refractivity contribution in [3.05, 3.63) is 193 Å². The largest absolute Gasteiger partial charge is 0.507 e. The number of nitrogens with zero attached hydrogens (tertiary/aromatic N) is 3. The average Bonchev–Trinajstić information content (AvgIpc) is 3.72. The van der Waals surface area contributed by atoms with Gasteiger partial charge in [0.15, 0.2) is 0 Å². The van der Waals surface area contributed by atoms with Crippen LogP contribution in [0.2, 0.25) is 0 Å². The Labute approximate surface area is 361 Å². The first-order chi connectivity index (χ1) is 34.3. The molecule has 0 bridgehead atoms. The van der Waals surface area contributed by atoms with E-state index < -0.39 is 39.7 Å². The third-order valence-electron chi connectivity index (χ3n) is 10.4. The summed E-state index contributed by atoms with van der Waals surface area (Å²) in [5, 5.41) is 11.4. The lowest BCUT2D eigenvalue weighted by molar-refractivity contribution is 0.477. The van der Waals surface area contributed by atoms with E-state index in [0.29, 0.717) is 61.4 Å². The van der Waals surface area contributed by atoms with Gasteiger partial charge in [0.2, 0.25) is 0 Å². The van der Waals surface area contributed by atoms with Gasteiger partial charge in [-0.25, -0.2) is 4.98 Å². The Kier molecular flexibility index (Phi) is 5.93. The molecule has 4 nitrogen and oxygen atoms in total. The summed E-state index contributed by atoms with van der Waals surface area (Å²) in [6, 6.07) is 48.5. The lowest BCUT2D eigenvalue weighted by atomic mass is 9.86. The Morgan fingerprint density at radius 2 is 1.22 bits per heavy atom. The zero-order valence-corrected chi connectivity index (χ0v) is 31.0. The fourth-order valence-corrected chi connectivity index (χ4v) is 7.45. The number of para-hydroxylation sites is 2. The number of aromatic nitrogens is 3. The number of aromatic hydroxyl groups is 1. The van der Waals surface area contributed by atoms with E-state index in [1.807, 2.05) is 72.8 Å². The van der Waals surface area contributed by atoms with Crippen molar-refractivity contribution in [3.63, 3.8) is 0 Å². The van der Waals surface area contributed by atoms with Gasteiger partial charge in [0.1, 0.15) is 11.6 Å². The molecule has 0 aliphatic rings. The topological polar surface area (TPSA) is 50.9 Å². The van der Waals surface area contributed by atoms with E-state index in [9.17, 15) is 5.11 Å². The zero-order valence-electron chi connectivity index (χ0n) is 46.0. The van der Waals surface area contributed by atoms with Crippen LogP contribution >= 0.6 is 0 Å². The second-order valence-corrected chi connectivity index (χ2v) is 14.2. The zero-order chi connectivity index (χ0) is 52.5. The fraction of sp³-hybridized carbons (Fsp3) is 0.111. The number of aryl methyl sites for hydroxylation is 1. The minimum atomic E-state index is -3.41. The van der Waals surface area contributed by atoms with Crippen LogP contribution in [0.15, 0.2) is 176 Å². The Morgan fingerprint density at radius 3 is 1.97 bits per heavy atom. The van der Waals surface area contributed by atoms with Crippen molar-refractivity contribution in [1.82, 2.24) is 14.5 Å². The molecule has 0 unspecified atom stereocenters. The summed E-state index contributed by atoms with van der Waals surface area (Å²) in [5.41, 5.74) is 3.54. The molecule has 9 rings (SSSR count). The summed E-state index contributed by atoms with van der Waals surface area (Å²) in [6.45, 7) is -15.9. The molecule has 282 valence electrons. The standard InChI is InChI=1S/C54H45N3O/c1-35-29-45(34-48(36(35)2)39-17-10-7-11-18-39)57-50-21-14-20-46(52(50)56-53(57)47-19-12-13-22-51(47)58)42-30-41(37-15-8-6-9-16-37)31-43(32-42)49-33-40(27-28-55-49)38-23-25-44(26-24-38)54(3,4)5/h6-34,58H,1-5H3/i1D3,2D3,3D3,4D3,5D3. The van der Waals surface area contributed by atoms with Gasteiger partial charge in [-0.15, -0.1) is 0 Å². The molecule has 0 aliphatic carbocycles. The lowest BCUT2D eigenvalue weighted by Gasteiger charge is -2.19. The van der Waals surface area contributed by atoms with Crippen molar-refractivity contribution < 1.29 is 25.7 Å². The van der Waals surface area contributed by atoms with Gasteiger partial charge < -0.3 is 5.11 Å². The molecule has 0 saturated carbocycles. The smallest absolute Gasteiger partial charge is 0.149 e. The third-order valence-corrected chi connectivity index (χ3v) is 10.4. The Hall–Kier alpha value is -7.04. The van der Waals surface area contributed by atoms with E-state index in [-0.39, 0.29) is 33.8 Å². The molecule has 0 amide bonds. The van der Waals surface area contributed by atoms with Crippen molar-refractivity contribution in [2.24, 2.45) is 0 Å². The molecule has 7 aromatic carbocycles. The number of phenolic OH excluding ortho intramolecular Hbond substituents is 1. The van der Waals surface area contributed by atoms with Crippen molar-refractivity contribution in [1.29, 1.82) is 0 Å². The maximum atomic E-state index is 11.4. The first-order valence-corrected chi connectivity index (χ1v) is 18.6. The number of rotatable bonds is 7. The highest BCUT2D eigenvalue weighted by molar-refractivity contribution is 5.98. The number of hydrogen-bond acceptors (Lipinski definition) is 3. The van der Waals surface area contributed by atoms with E-state index in [4.69, 9.17) is 30.5 Å². The van der Waals surface area contributed by atoms with Crippen molar-refractivity contribution in [3.8, 4) is 78.6 Å². The van der Waals surface area contributed by atoms with E-state index in [1.54, 1.807) is 71.4 Å². The van der Waals surface area contributed by atoms with Crippen LogP contribution in [0.3, 0.4) is 0 Å². The van der Waals surface area contributed by atoms with Crippen LogP contribution in [0.1, 0.15) is 57.8 Å². The van der Waals surface area contributed by atoms with E-state index in [1.165, 1.54) is 36.4 Å². The summed E-state index contributed by atoms with van der Waals surface area (Å²) in [7, 11) is 0. The number of phenols is 1. The maximum Gasteiger partial charge on any atom is 0.149 e. The fourth-order valence-electron chi connectivity index (χ4n) is 7.45. The van der Waals surface area contributed by atoms with Crippen molar-refractivity contribution in [2.75, 3.05) is 0 Å². The molecule has 0 fully saturated rings. The number of fused-ring (bicyclic) bond motifs is 1. The predicted octanol–water partition coefficient (Wildman–Crippen LogP) is 14.0. The Balaban J connectivity index is 1.25. The molecule has 0 aliphatic heterocycles. The maximum absolute atomic E-state index is 11.4. The van der Waals surface area contributed by atoms with E-state index >= 15 is 0 Å². The lowest BCUT2D eigenvalue weighted by Crippen LogP contribution is -2.10. The number of pyridine rings is 1. The summed E-state index contributed by atoms with van der Waals surface area (Å²) < 4.78 is 127. The first-order valence-electron chi connectivity index (χ1n) is 26.1. The summed E-state index contributed by atoms with van der Waals surface area (Å²) in [5.74, 6) is 0.158. The van der Waals surface area contributed by atoms with E-state index in [2.05, 4.69) is 0 Å². The highest BCUT2D eigenvalue weighted by Crippen LogP contribution is 2.41. The molecule has 58 heavy (non-hydrogen) atoms. The molecule has 0 saturated heterocycles. The summed E-state index contributed by atoms with van der Waals surface area (Å²) in [4.78, 5) is 9.98. The van der Waals surface area contributed by atoms with Crippen LogP contribution in [0.4, 0.5) is 0 Å². The summed E-state index contributed by atoms with van der Waals surface area (Å²) >= 11 is 0. The molecule has 2 heterocycles. The second kappa shape index (κ2) is 14.8. The molecule has 0 spiro atoms. The Morgan fingerprint density at radius 1 is 0.534 bits per heavy atom. The molecular formula is C54H45N3O. The minimum absolute atomic E-state index is 0.0980. The Bertz CT molecular complexity index is 3470. The van der Waals surface area contributed by atoms with E-state index in [0.717, 1.165) is 11.1 Å². The van der Waals surface area contributed by atoms with Crippen LogP contribution in [0.25, 0.3) is 83.9 Å². The molecular weight excluding hydrogens is 707 g/mol. The van der Waals surface area contributed by atoms with Crippen LogP contribution < -0.4 is 0 Å². The van der Waals surface area contributed by atoms with Gasteiger partial charge in [0.05, 0.1) is 22.3 Å². The first kappa shape index (κ1) is 23.3. The van der Waals surface area contributed by atoms with Gasteiger partial charge in [-0.05, 0) is 135 Å². The highest BCUT2D eigenvalue weighted by Gasteiger charge is 2.22. The molecule has 2 aromatic heterocycles. The SMILES string of the molecule is [2H]C([2H])([2H])c1cc(-n2c(-c3ccccc3O)nc3c(-c4cc(-c5ccccc5)cc(-c5cc(-c6ccc(C(C([2H])([2H])[2H])(C([2H])([2H])[2H])C([2H])([2H])[2H])cc6)ccn5)c4)cccc32)cc(-c2ccccc2)c1C([2H])([2H])[2H]. The number of imidazole rings is 1. The van der Waals surface area contributed by atoms with Crippen LogP contribution in [0.5, 0.6) is 5.75 Å². The predicted molar refractivity (Wildman–Crippen MR) is 241 cm³/mol. The number of benzene rings is 7. The normalized spacial score (nSPS) is 16.5. The van der Waals surface area contributed by atoms with Gasteiger partial charge >= 0.3 is 0 Å². The van der Waals surface area contributed by atoms with Crippen LogP contribution in [0, 0.1) is 13.7 Å². The van der Waals surface area contributed by atoms with Gasteiger partial charge in [-0.2, -0.15) is 0 Å². The van der Waals surface area contributed by atoms with Crippen molar-refractivity contribution in [2.45, 2.75) is 39.7 Å². The van der Waals surface area contributed by atoms with Gasteiger partial charge in [-0.1, -0.05) is 130 Å². The molecule has 4 heteroatoms.